The number of methoxy groups -OCH3 is 1. The van der Waals surface area contributed by atoms with Gasteiger partial charge in [-0.2, -0.15) is 0 Å². The summed E-state index contributed by atoms with van der Waals surface area (Å²) in [5, 5.41) is 2.55. The van der Waals surface area contributed by atoms with Gasteiger partial charge in [0.05, 0.1) is 19.6 Å². The first-order valence-corrected chi connectivity index (χ1v) is 7.90. The summed E-state index contributed by atoms with van der Waals surface area (Å²) < 4.78 is 10.0. The number of nitrogens with zero attached hydrogens (tertiary/aromatic N) is 1. The summed E-state index contributed by atoms with van der Waals surface area (Å²) in [5.41, 5.74) is 0. The molecule has 0 aliphatic carbocycles. The fourth-order valence-corrected chi connectivity index (χ4v) is 2.53. The first-order chi connectivity index (χ1) is 11.6. The van der Waals surface area contributed by atoms with E-state index in [-0.39, 0.29) is 36.9 Å². The van der Waals surface area contributed by atoms with E-state index in [1.165, 1.54) is 7.11 Å². The van der Waals surface area contributed by atoms with Gasteiger partial charge in [-0.3, -0.25) is 14.4 Å². The van der Waals surface area contributed by atoms with Crippen LogP contribution >= 0.6 is 0 Å². The minimum absolute atomic E-state index is 0.0696. The number of carbonyl (C=O) groups is 3. The number of likely N-dealkylation sites (tertiary alicyclic amines) is 1. The Morgan fingerprint density at radius 2 is 1.83 bits per heavy atom. The molecule has 1 aromatic carbocycles. The molecule has 130 valence electrons. The van der Waals surface area contributed by atoms with Crippen molar-refractivity contribution in [3.63, 3.8) is 0 Å². The lowest BCUT2D eigenvalue weighted by molar-refractivity contribution is -0.148. The zero-order valence-corrected chi connectivity index (χ0v) is 13.7. The molecule has 24 heavy (non-hydrogen) atoms. The number of rotatable bonds is 6. The number of para-hydroxylation sites is 1. The first-order valence-electron chi connectivity index (χ1n) is 7.90. The van der Waals surface area contributed by atoms with Gasteiger partial charge in [-0.25, -0.2) is 0 Å². The average Bonchev–Trinajstić information content (AvgIpc) is 2.64. The molecule has 0 unspecified atom stereocenters. The van der Waals surface area contributed by atoms with Crippen LogP contribution in [-0.2, 0) is 19.1 Å². The van der Waals surface area contributed by atoms with Crippen molar-refractivity contribution < 1.29 is 23.9 Å². The molecule has 0 radical (unpaired) electrons. The number of esters is 1. The molecule has 1 heterocycles. The maximum atomic E-state index is 12.1. The van der Waals surface area contributed by atoms with Gasteiger partial charge in [0.15, 0.2) is 6.61 Å². The van der Waals surface area contributed by atoms with Crippen LogP contribution < -0.4 is 10.1 Å². The third-order valence-electron chi connectivity index (χ3n) is 3.93. The van der Waals surface area contributed by atoms with E-state index in [1.807, 2.05) is 18.2 Å². The summed E-state index contributed by atoms with van der Waals surface area (Å²) in [6.45, 7) is 0.783. The molecule has 0 aromatic heterocycles. The predicted octanol–water partition coefficient (Wildman–Crippen LogP) is 0.593. The number of piperidine rings is 1. The van der Waals surface area contributed by atoms with E-state index in [0.717, 1.165) is 0 Å². The number of hydrogen-bond donors (Lipinski definition) is 1. The lowest BCUT2D eigenvalue weighted by Gasteiger charge is -2.30. The van der Waals surface area contributed by atoms with Crippen molar-refractivity contribution in [2.45, 2.75) is 12.8 Å². The summed E-state index contributed by atoms with van der Waals surface area (Å²) in [6, 6.07) is 8.99. The molecule has 1 fully saturated rings. The van der Waals surface area contributed by atoms with E-state index < -0.39 is 0 Å². The lowest BCUT2D eigenvalue weighted by Crippen LogP contribution is -2.45. The number of nitrogens with one attached hydrogen (secondary N) is 1. The standard InChI is InChI=1S/C17H22N2O5/c1-23-17(22)13-7-9-19(10-8-13)16(21)11-18-15(20)12-24-14-5-3-2-4-6-14/h2-6,13H,7-12H2,1H3,(H,18,20). The third kappa shape index (κ3) is 5.26. The summed E-state index contributed by atoms with van der Waals surface area (Å²) in [5.74, 6) is -0.284. The van der Waals surface area contributed by atoms with E-state index in [4.69, 9.17) is 9.47 Å². The Morgan fingerprint density at radius 1 is 1.17 bits per heavy atom. The van der Waals surface area contributed by atoms with Crippen molar-refractivity contribution in [1.29, 1.82) is 0 Å². The number of amides is 2. The molecular formula is C17H22N2O5. The fraction of sp³-hybridized carbons (Fsp3) is 0.471. The van der Waals surface area contributed by atoms with Crippen molar-refractivity contribution in [3.05, 3.63) is 30.3 Å². The highest BCUT2D eigenvalue weighted by molar-refractivity contribution is 5.85. The maximum Gasteiger partial charge on any atom is 0.308 e. The van der Waals surface area contributed by atoms with Crippen LogP contribution in [-0.4, -0.2) is 56.0 Å². The van der Waals surface area contributed by atoms with Crippen molar-refractivity contribution in [3.8, 4) is 5.75 Å². The van der Waals surface area contributed by atoms with E-state index in [2.05, 4.69) is 5.32 Å². The van der Waals surface area contributed by atoms with Crippen molar-refractivity contribution in [2.24, 2.45) is 5.92 Å². The molecular weight excluding hydrogens is 312 g/mol. The second-order valence-electron chi connectivity index (χ2n) is 5.56. The van der Waals surface area contributed by atoms with Gasteiger partial charge < -0.3 is 19.7 Å². The monoisotopic (exact) mass is 334 g/mol. The van der Waals surface area contributed by atoms with Gasteiger partial charge in [0.2, 0.25) is 5.91 Å². The Morgan fingerprint density at radius 3 is 2.46 bits per heavy atom. The van der Waals surface area contributed by atoms with Crippen LogP contribution in [0, 0.1) is 5.92 Å². The van der Waals surface area contributed by atoms with Crippen LogP contribution in [0.2, 0.25) is 0 Å². The molecule has 1 N–H and O–H groups in total. The summed E-state index contributed by atoms with van der Waals surface area (Å²) in [4.78, 5) is 36.9. The minimum Gasteiger partial charge on any atom is -0.484 e. The van der Waals surface area contributed by atoms with Gasteiger partial charge in [-0.15, -0.1) is 0 Å². The molecule has 1 aliphatic rings. The summed E-state index contributed by atoms with van der Waals surface area (Å²) in [6.07, 6.45) is 1.17. The molecule has 0 atom stereocenters. The first kappa shape index (κ1) is 17.8. The van der Waals surface area contributed by atoms with Crippen molar-refractivity contribution in [2.75, 3.05) is 33.4 Å². The molecule has 0 saturated carbocycles. The second kappa shape index (κ2) is 8.90. The predicted molar refractivity (Wildman–Crippen MR) is 86.3 cm³/mol. The number of ether oxygens (including phenoxy) is 2. The zero-order chi connectivity index (χ0) is 17.4. The Labute approximate surface area is 140 Å². The Kier molecular flexibility index (Phi) is 6.60. The quantitative estimate of drug-likeness (QED) is 0.770. The highest BCUT2D eigenvalue weighted by atomic mass is 16.5. The zero-order valence-electron chi connectivity index (χ0n) is 13.7. The van der Waals surface area contributed by atoms with Crippen LogP contribution in [0.15, 0.2) is 30.3 Å². The Balaban J connectivity index is 1.66. The summed E-state index contributed by atoms with van der Waals surface area (Å²) in [7, 11) is 1.37. The average molecular weight is 334 g/mol. The van der Waals surface area contributed by atoms with E-state index in [1.54, 1.807) is 17.0 Å². The third-order valence-corrected chi connectivity index (χ3v) is 3.93. The largest absolute Gasteiger partial charge is 0.484 e. The fourth-order valence-electron chi connectivity index (χ4n) is 2.53. The van der Waals surface area contributed by atoms with Crippen molar-refractivity contribution >= 4 is 17.8 Å². The van der Waals surface area contributed by atoms with Gasteiger partial charge in [0, 0.05) is 13.1 Å². The molecule has 2 amide bonds. The van der Waals surface area contributed by atoms with Crippen LogP contribution in [0.25, 0.3) is 0 Å². The van der Waals surface area contributed by atoms with Gasteiger partial charge >= 0.3 is 5.97 Å². The number of carbonyl (C=O) groups excluding carboxylic acids is 3. The van der Waals surface area contributed by atoms with Crippen LogP contribution in [0.3, 0.4) is 0 Å². The molecule has 1 aliphatic heterocycles. The summed E-state index contributed by atoms with van der Waals surface area (Å²) >= 11 is 0. The Bertz CT molecular complexity index is 568. The normalized spacial score (nSPS) is 14.8. The molecule has 1 saturated heterocycles. The Hall–Kier alpha value is -2.57. The molecule has 7 heteroatoms. The van der Waals surface area contributed by atoms with E-state index in [9.17, 15) is 14.4 Å². The molecule has 0 spiro atoms. The van der Waals surface area contributed by atoms with Gasteiger partial charge in [-0.1, -0.05) is 18.2 Å². The minimum atomic E-state index is -0.350. The smallest absolute Gasteiger partial charge is 0.308 e. The second-order valence-corrected chi connectivity index (χ2v) is 5.56. The van der Waals surface area contributed by atoms with Crippen LogP contribution in [0.5, 0.6) is 5.75 Å². The highest BCUT2D eigenvalue weighted by Crippen LogP contribution is 2.18. The van der Waals surface area contributed by atoms with Crippen molar-refractivity contribution in [1.82, 2.24) is 10.2 Å². The van der Waals surface area contributed by atoms with Gasteiger partial charge in [0.1, 0.15) is 5.75 Å². The number of hydrogen-bond acceptors (Lipinski definition) is 5. The molecule has 7 nitrogen and oxygen atoms in total. The topological polar surface area (TPSA) is 84.9 Å². The van der Waals surface area contributed by atoms with Crippen LogP contribution in [0.1, 0.15) is 12.8 Å². The lowest BCUT2D eigenvalue weighted by atomic mass is 9.97. The SMILES string of the molecule is COC(=O)C1CCN(C(=O)CNC(=O)COc2ccccc2)CC1. The highest BCUT2D eigenvalue weighted by Gasteiger charge is 2.27. The van der Waals surface area contributed by atoms with Crippen LogP contribution in [0.4, 0.5) is 0 Å². The number of benzene rings is 1. The van der Waals surface area contributed by atoms with Gasteiger partial charge in [-0.05, 0) is 25.0 Å². The maximum absolute atomic E-state index is 12.1. The van der Waals surface area contributed by atoms with E-state index in [0.29, 0.717) is 31.7 Å². The molecule has 1 aromatic rings. The van der Waals surface area contributed by atoms with Gasteiger partial charge in [0.25, 0.3) is 5.91 Å². The molecule has 2 rings (SSSR count). The molecule has 0 bridgehead atoms. The van der Waals surface area contributed by atoms with E-state index >= 15 is 0 Å².